The number of ketones is 1. The Labute approximate surface area is 117 Å². The predicted molar refractivity (Wildman–Crippen MR) is 73.7 cm³/mol. The summed E-state index contributed by atoms with van der Waals surface area (Å²) in [5.74, 6) is -2.56. The number of hydrogen-bond acceptors (Lipinski definition) is 1. The van der Waals surface area contributed by atoms with E-state index >= 15 is 0 Å². The van der Waals surface area contributed by atoms with Crippen molar-refractivity contribution in [2.24, 2.45) is 0 Å². The molecule has 2 aromatic rings. The van der Waals surface area contributed by atoms with Crippen LogP contribution in [0.2, 0.25) is 0 Å². The van der Waals surface area contributed by atoms with E-state index in [1.807, 2.05) is 6.07 Å². The molecule has 0 saturated carbocycles. The van der Waals surface area contributed by atoms with Gasteiger partial charge in [0.15, 0.2) is 17.4 Å². The van der Waals surface area contributed by atoms with Crippen molar-refractivity contribution in [2.45, 2.75) is 6.92 Å². The summed E-state index contributed by atoms with van der Waals surface area (Å²) in [7, 11) is 0. The predicted octanol–water partition coefficient (Wildman–Crippen LogP) is 4.11. The average molecular weight is 358 g/mol. The summed E-state index contributed by atoms with van der Waals surface area (Å²) in [5, 5.41) is 0. The van der Waals surface area contributed by atoms with Gasteiger partial charge in [0, 0.05) is 9.13 Å². The highest BCUT2D eigenvalue weighted by molar-refractivity contribution is 14.1. The van der Waals surface area contributed by atoms with E-state index in [4.69, 9.17) is 0 Å². The highest BCUT2D eigenvalue weighted by Gasteiger charge is 2.18. The van der Waals surface area contributed by atoms with Crippen molar-refractivity contribution in [2.75, 3.05) is 0 Å². The summed E-state index contributed by atoms with van der Waals surface area (Å²) in [6, 6.07) is 9.47. The number of carbonyl (C=O) groups excluding carboxylic acids is 1. The molecule has 0 fully saturated rings. The normalized spacial score (nSPS) is 10.4. The lowest BCUT2D eigenvalue weighted by molar-refractivity contribution is 0.103. The number of rotatable bonds is 2. The number of benzene rings is 2. The summed E-state index contributed by atoms with van der Waals surface area (Å²) in [5.41, 5.74) is 0.302. The molecule has 0 radical (unpaired) electrons. The van der Waals surface area contributed by atoms with Crippen molar-refractivity contribution >= 4 is 28.4 Å². The molecule has 0 aliphatic heterocycles. The third-order valence-electron chi connectivity index (χ3n) is 2.61. The van der Waals surface area contributed by atoms with Crippen LogP contribution >= 0.6 is 22.6 Å². The first-order valence-corrected chi connectivity index (χ1v) is 6.33. The molecule has 0 aliphatic carbocycles. The van der Waals surface area contributed by atoms with Crippen molar-refractivity contribution in [1.29, 1.82) is 0 Å². The van der Waals surface area contributed by atoms with Crippen LogP contribution < -0.4 is 0 Å². The summed E-state index contributed by atoms with van der Waals surface area (Å²) in [6.07, 6.45) is 0. The lowest BCUT2D eigenvalue weighted by atomic mass is 10.0. The monoisotopic (exact) mass is 358 g/mol. The van der Waals surface area contributed by atoms with Crippen LogP contribution in [0.3, 0.4) is 0 Å². The molecule has 0 saturated heterocycles. The van der Waals surface area contributed by atoms with E-state index in [2.05, 4.69) is 22.6 Å². The van der Waals surface area contributed by atoms with Gasteiger partial charge >= 0.3 is 0 Å². The molecule has 0 unspecified atom stereocenters. The minimum Gasteiger partial charge on any atom is -0.288 e. The van der Waals surface area contributed by atoms with E-state index in [1.165, 1.54) is 19.1 Å². The smallest absolute Gasteiger partial charge is 0.196 e. The number of halogens is 3. The van der Waals surface area contributed by atoms with Gasteiger partial charge in [0.05, 0.1) is 5.56 Å². The van der Waals surface area contributed by atoms with Crippen molar-refractivity contribution in [3.8, 4) is 0 Å². The van der Waals surface area contributed by atoms with Crippen LogP contribution in [0.4, 0.5) is 8.78 Å². The topological polar surface area (TPSA) is 17.1 Å². The van der Waals surface area contributed by atoms with Crippen molar-refractivity contribution in [1.82, 2.24) is 0 Å². The van der Waals surface area contributed by atoms with Gasteiger partial charge in [-0.3, -0.25) is 4.79 Å². The van der Waals surface area contributed by atoms with Gasteiger partial charge in [0.1, 0.15) is 0 Å². The van der Waals surface area contributed by atoms with Crippen LogP contribution in [-0.2, 0) is 0 Å². The summed E-state index contributed by atoms with van der Waals surface area (Å²) >= 11 is 2.06. The fourth-order valence-corrected chi connectivity index (χ4v) is 2.15. The SMILES string of the molecule is Cc1ccc(C(=O)c2cccc(I)c2)c(F)c1F. The number of carbonyl (C=O) groups is 1. The second-order valence-electron chi connectivity index (χ2n) is 3.90. The van der Waals surface area contributed by atoms with E-state index < -0.39 is 17.4 Å². The average Bonchev–Trinajstić information content (AvgIpc) is 2.35. The Kier molecular flexibility index (Phi) is 3.75. The molecule has 2 aromatic carbocycles. The molecule has 92 valence electrons. The lowest BCUT2D eigenvalue weighted by Gasteiger charge is -2.05. The van der Waals surface area contributed by atoms with E-state index in [1.54, 1.807) is 18.2 Å². The Balaban J connectivity index is 2.50. The molecule has 0 N–H and O–H groups in total. The molecular weight excluding hydrogens is 349 g/mol. The molecule has 0 heterocycles. The van der Waals surface area contributed by atoms with Gasteiger partial charge in [0.25, 0.3) is 0 Å². The Hall–Kier alpha value is -1.30. The summed E-state index contributed by atoms with van der Waals surface area (Å²) in [4.78, 5) is 12.1. The summed E-state index contributed by atoms with van der Waals surface area (Å²) < 4.78 is 28.0. The first-order chi connectivity index (χ1) is 8.50. The van der Waals surface area contributed by atoms with Gasteiger partial charge in [-0.15, -0.1) is 0 Å². The standard InChI is InChI=1S/C14H9F2IO/c1-8-5-6-11(13(16)12(8)15)14(18)9-3-2-4-10(17)7-9/h2-7H,1H3. The molecule has 0 aliphatic rings. The Morgan fingerprint density at radius 3 is 2.50 bits per heavy atom. The van der Waals surface area contributed by atoms with Gasteiger partial charge in [-0.1, -0.05) is 18.2 Å². The van der Waals surface area contributed by atoms with Crippen LogP contribution in [0.15, 0.2) is 36.4 Å². The van der Waals surface area contributed by atoms with E-state index in [0.29, 0.717) is 5.56 Å². The van der Waals surface area contributed by atoms with Gasteiger partial charge < -0.3 is 0 Å². The molecule has 18 heavy (non-hydrogen) atoms. The van der Waals surface area contributed by atoms with E-state index in [9.17, 15) is 13.6 Å². The van der Waals surface area contributed by atoms with Crippen LogP contribution in [0.5, 0.6) is 0 Å². The zero-order valence-electron chi connectivity index (χ0n) is 9.51. The second-order valence-corrected chi connectivity index (χ2v) is 5.14. The first-order valence-electron chi connectivity index (χ1n) is 5.25. The summed E-state index contributed by atoms with van der Waals surface area (Å²) in [6.45, 7) is 1.46. The molecule has 0 aromatic heterocycles. The third kappa shape index (κ3) is 2.43. The molecule has 0 spiro atoms. The fourth-order valence-electron chi connectivity index (χ4n) is 1.61. The van der Waals surface area contributed by atoms with Crippen LogP contribution in [-0.4, -0.2) is 5.78 Å². The largest absolute Gasteiger partial charge is 0.288 e. The zero-order chi connectivity index (χ0) is 13.3. The molecule has 0 amide bonds. The molecule has 4 heteroatoms. The van der Waals surface area contributed by atoms with Crippen LogP contribution in [0.1, 0.15) is 21.5 Å². The highest BCUT2D eigenvalue weighted by atomic mass is 127. The third-order valence-corrected chi connectivity index (χ3v) is 3.28. The number of hydrogen-bond donors (Lipinski definition) is 0. The van der Waals surface area contributed by atoms with E-state index in [0.717, 1.165) is 3.57 Å². The van der Waals surface area contributed by atoms with Crippen molar-refractivity contribution in [3.63, 3.8) is 0 Å². The highest BCUT2D eigenvalue weighted by Crippen LogP contribution is 2.19. The molecular formula is C14H9F2IO. The minimum atomic E-state index is -1.08. The van der Waals surface area contributed by atoms with Crippen LogP contribution in [0, 0.1) is 22.1 Å². The lowest BCUT2D eigenvalue weighted by Crippen LogP contribution is -2.07. The van der Waals surface area contributed by atoms with Gasteiger partial charge in [-0.25, -0.2) is 8.78 Å². The maximum absolute atomic E-state index is 13.7. The second kappa shape index (κ2) is 5.14. The first kappa shape index (κ1) is 13.1. The Bertz CT molecular complexity index is 623. The number of aryl methyl sites for hydroxylation is 1. The molecule has 0 atom stereocenters. The minimum absolute atomic E-state index is 0.187. The Morgan fingerprint density at radius 2 is 1.83 bits per heavy atom. The quantitative estimate of drug-likeness (QED) is 0.583. The van der Waals surface area contributed by atoms with Gasteiger partial charge in [-0.2, -0.15) is 0 Å². The molecule has 2 rings (SSSR count). The molecule has 1 nitrogen and oxygen atoms in total. The molecule has 0 bridgehead atoms. The Morgan fingerprint density at radius 1 is 1.11 bits per heavy atom. The fraction of sp³-hybridized carbons (Fsp3) is 0.0714. The van der Waals surface area contributed by atoms with Gasteiger partial charge in [0.2, 0.25) is 0 Å². The van der Waals surface area contributed by atoms with E-state index in [-0.39, 0.29) is 11.1 Å². The van der Waals surface area contributed by atoms with Gasteiger partial charge in [-0.05, 0) is 53.3 Å². The maximum atomic E-state index is 13.7. The maximum Gasteiger partial charge on any atom is 0.196 e. The van der Waals surface area contributed by atoms with Crippen molar-refractivity contribution in [3.05, 3.63) is 68.3 Å². The zero-order valence-corrected chi connectivity index (χ0v) is 11.7. The van der Waals surface area contributed by atoms with Crippen LogP contribution in [0.25, 0.3) is 0 Å². The van der Waals surface area contributed by atoms with Crippen molar-refractivity contribution < 1.29 is 13.6 Å².